The molecule has 23 heavy (non-hydrogen) atoms. The minimum absolute atomic E-state index is 0.355. The predicted octanol–water partition coefficient (Wildman–Crippen LogP) is 4.66. The highest BCUT2D eigenvalue weighted by Gasteiger charge is 2.12. The Balaban J connectivity index is 1.95. The Morgan fingerprint density at radius 1 is 0.957 bits per heavy atom. The molecule has 0 radical (unpaired) electrons. The van der Waals surface area contributed by atoms with E-state index in [9.17, 15) is 4.79 Å². The fraction of sp³-hybridized carbons (Fsp3) is 0.0500. The lowest BCUT2D eigenvalue weighted by atomic mass is 10.0. The third-order valence-corrected chi connectivity index (χ3v) is 3.52. The Hall–Kier alpha value is -3.07. The Morgan fingerprint density at radius 2 is 1.70 bits per heavy atom. The van der Waals surface area contributed by atoms with Crippen molar-refractivity contribution in [3.05, 3.63) is 84.1 Å². The molecule has 1 heterocycles. The summed E-state index contributed by atoms with van der Waals surface area (Å²) in [5.74, 6) is 0.461. The molecule has 0 atom stereocenters. The van der Waals surface area contributed by atoms with Crippen LogP contribution in [0.15, 0.2) is 77.4 Å². The standard InChI is InChI=1S/C20H16O3/c1-22-20(21)18(16-6-3-2-4-7-16)14-15-9-11-17(12-10-15)19-8-5-13-23-19/h2-14H,1H3. The summed E-state index contributed by atoms with van der Waals surface area (Å²) >= 11 is 0. The topological polar surface area (TPSA) is 39.4 Å². The summed E-state index contributed by atoms with van der Waals surface area (Å²) < 4.78 is 10.3. The van der Waals surface area contributed by atoms with Gasteiger partial charge >= 0.3 is 5.97 Å². The van der Waals surface area contributed by atoms with Gasteiger partial charge in [-0.25, -0.2) is 4.79 Å². The van der Waals surface area contributed by atoms with Gasteiger partial charge in [-0.05, 0) is 29.3 Å². The average molecular weight is 304 g/mol. The van der Waals surface area contributed by atoms with Crippen LogP contribution in [0, 0.1) is 0 Å². The maximum atomic E-state index is 12.1. The van der Waals surface area contributed by atoms with Gasteiger partial charge in [0.05, 0.1) is 18.9 Å². The number of rotatable bonds is 4. The molecule has 114 valence electrons. The van der Waals surface area contributed by atoms with E-state index in [2.05, 4.69) is 0 Å². The summed E-state index contributed by atoms with van der Waals surface area (Å²) in [7, 11) is 1.39. The summed E-state index contributed by atoms with van der Waals surface area (Å²) in [4.78, 5) is 12.1. The highest BCUT2D eigenvalue weighted by atomic mass is 16.5. The summed E-state index contributed by atoms with van der Waals surface area (Å²) in [5.41, 5.74) is 3.27. The SMILES string of the molecule is COC(=O)C(=Cc1ccc(-c2ccco2)cc1)c1ccccc1. The van der Waals surface area contributed by atoms with Gasteiger partial charge in [0.2, 0.25) is 0 Å². The number of furan rings is 1. The molecular formula is C20H16O3. The van der Waals surface area contributed by atoms with E-state index in [0.717, 1.165) is 22.5 Å². The molecule has 0 unspecified atom stereocenters. The van der Waals surface area contributed by atoms with Crippen molar-refractivity contribution in [1.82, 2.24) is 0 Å². The van der Waals surface area contributed by atoms with Gasteiger partial charge in [-0.1, -0.05) is 54.6 Å². The van der Waals surface area contributed by atoms with Crippen LogP contribution in [-0.4, -0.2) is 13.1 Å². The second-order valence-corrected chi connectivity index (χ2v) is 5.01. The van der Waals surface area contributed by atoms with E-state index in [4.69, 9.17) is 9.15 Å². The van der Waals surface area contributed by atoms with Crippen molar-refractivity contribution in [2.24, 2.45) is 0 Å². The molecule has 0 bridgehead atoms. The molecule has 0 saturated heterocycles. The van der Waals surface area contributed by atoms with Crippen molar-refractivity contribution in [2.45, 2.75) is 0 Å². The molecule has 0 aliphatic carbocycles. The normalized spacial score (nSPS) is 11.3. The predicted molar refractivity (Wildman–Crippen MR) is 90.5 cm³/mol. The lowest BCUT2D eigenvalue weighted by Gasteiger charge is -2.06. The van der Waals surface area contributed by atoms with Crippen LogP contribution in [0.2, 0.25) is 0 Å². The number of carbonyl (C=O) groups excluding carboxylic acids is 1. The molecule has 3 nitrogen and oxygen atoms in total. The second-order valence-electron chi connectivity index (χ2n) is 5.01. The van der Waals surface area contributed by atoms with Crippen LogP contribution in [-0.2, 0) is 9.53 Å². The van der Waals surface area contributed by atoms with Crippen LogP contribution in [0.4, 0.5) is 0 Å². The summed E-state index contributed by atoms with van der Waals surface area (Å²) in [5, 5.41) is 0. The molecule has 0 amide bonds. The maximum absolute atomic E-state index is 12.1. The number of esters is 1. The molecule has 3 rings (SSSR count). The van der Waals surface area contributed by atoms with Gasteiger partial charge in [0.1, 0.15) is 5.76 Å². The molecule has 2 aromatic carbocycles. The monoisotopic (exact) mass is 304 g/mol. The largest absolute Gasteiger partial charge is 0.465 e. The zero-order valence-corrected chi connectivity index (χ0v) is 12.7. The van der Waals surface area contributed by atoms with Gasteiger partial charge in [-0.2, -0.15) is 0 Å². The first-order valence-corrected chi connectivity index (χ1v) is 7.27. The van der Waals surface area contributed by atoms with Crippen LogP contribution in [0.1, 0.15) is 11.1 Å². The Morgan fingerprint density at radius 3 is 2.30 bits per heavy atom. The highest BCUT2D eigenvalue weighted by Crippen LogP contribution is 2.23. The first-order valence-electron chi connectivity index (χ1n) is 7.27. The van der Waals surface area contributed by atoms with E-state index in [1.165, 1.54) is 7.11 Å². The fourth-order valence-electron chi connectivity index (χ4n) is 2.34. The average Bonchev–Trinajstić information content (AvgIpc) is 3.15. The summed E-state index contributed by atoms with van der Waals surface area (Å²) in [6.45, 7) is 0. The highest BCUT2D eigenvalue weighted by molar-refractivity contribution is 6.21. The molecule has 0 spiro atoms. The van der Waals surface area contributed by atoms with Crippen LogP contribution in [0.25, 0.3) is 23.0 Å². The molecule has 1 aromatic heterocycles. The number of carbonyl (C=O) groups is 1. The maximum Gasteiger partial charge on any atom is 0.338 e. The van der Waals surface area contributed by atoms with Gasteiger partial charge in [0, 0.05) is 5.56 Å². The van der Waals surface area contributed by atoms with Crippen LogP contribution in [0.3, 0.4) is 0 Å². The van der Waals surface area contributed by atoms with Crippen LogP contribution < -0.4 is 0 Å². The lowest BCUT2D eigenvalue weighted by molar-refractivity contribution is -0.133. The number of hydrogen-bond donors (Lipinski definition) is 0. The van der Waals surface area contributed by atoms with E-state index in [0.29, 0.717) is 5.57 Å². The summed E-state index contributed by atoms with van der Waals surface area (Å²) in [6, 6.07) is 21.1. The number of benzene rings is 2. The molecule has 0 aliphatic heterocycles. The van der Waals surface area contributed by atoms with Crippen molar-refractivity contribution in [3.63, 3.8) is 0 Å². The van der Waals surface area contributed by atoms with E-state index in [-0.39, 0.29) is 5.97 Å². The molecule has 0 N–H and O–H groups in total. The molecule has 3 heteroatoms. The van der Waals surface area contributed by atoms with Gasteiger partial charge in [-0.15, -0.1) is 0 Å². The third kappa shape index (κ3) is 3.40. The third-order valence-electron chi connectivity index (χ3n) is 3.52. The Bertz CT molecular complexity index is 798. The molecular weight excluding hydrogens is 288 g/mol. The quantitative estimate of drug-likeness (QED) is 0.400. The van der Waals surface area contributed by atoms with E-state index in [1.807, 2.05) is 72.8 Å². The zero-order valence-electron chi connectivity index (χ0n) is 12.7. The van der Waals surface area contributed by atoms with Crippen molar-refractivity contribution in [3.8, 4) is 11.3 Å². The van der Waals surface area contributed by atoms with Gasteiger partial charge in [-0.3, -0.25) is 0 Å². The van der Waals surface area contributed by atoms with Gasteiger partial charge in [0.15, 0.2) is 0 Å². The van der Waals surface area contributed by atoms with Crippen molar-refractivity contribution in [1.29, 1.82) is 0 Å². The van der Waals surface area contributed by atoms with Crippen molar-refractivity contribution >= 4 is 17.6 Å². The Labute approximate surface area is 134 Å². The first kappa shape index (κ1) is 14.9. The van der Waals surface area contributed by atoms with Gasteiger partial charge < -0.3 is 9.15 Å². The zero-order chi connectivity index (χ0) is 16.1. The van der Waals surface area contributed by atoms with Crippen LogP contribution >= 0.6 is 0 Å². The molecule has 3 aromatic rings. The number of methoxy groups -OCH3 is 1. The van der Waals surface area contributed by atoms with Crippen molar-refractivity contribution in [2.75, 3.05) is 7.11 Å². The smallest absolute Gasteiger partial charge is 0.338 e. The number of hydrogen-bond acceptors (Lipinski definition) is 3. The van der Waals surface area contributed by atoms with Crippen molar-refractivity contribution < 1.29 is 13.9 Å². The Kier molecular flexibility index (Phi) is 4.39. The van der Waals surface area contributed by atoms with E-state index < -0.39 is 0 Å². The summed E-state index contributed by atoms with van der Waals surface area (Å²) in [6.07, 6.45) is 3.47. The van der Waals surface area contributed by atoms with E-state index in [1.54, 1.807) is 6.26 Å². The van der Waals surface area contributed by atoms with Gasteiger partial charge in [0.25, 0.3) is 0 Å². The minimum atomic E-state index is -0.355. The minimum Gasteiger partial charge on any atom is -0.465 e. The molecule has 0 saturated carbocycles. The molecule has 0 aliphatic rings. The fourth-order valence-corrected chi connectivity index (χ4v) is 2.34. The van der Waals surface area contributed by atoms with Crippen LogP contribution in [0.5, 0.6) is 0 Å². The lowest BCUT2D eigenvalue weighted by Crippen LogP contribution is -2.03. The second kappa shape index (κ2) is 6.79. The molecule has 0 fully saturated rings. The first-order chi connectivity index (χ1) is 11.3. The van der Waals surface area contributed by atoms with E-state index >= 15 is 0 Å². The number of ether oxygens (including phenoxy) is 1.